The standard InChI is InChI=1S/C26H27NO6S/c1-16-22(12-11-19-18-9-5-6-10-20(18)26(31)33-24(16)19)32-13-23(28)27-21(25(29)30)15-34-14-17-7-3-2-4-8-17/h2-4,7-8,11-12,21H,5-6,9-10,13-15H2,1H3,(H,27,28)(H,29,30)/p-1/t21-/m0/s1. The van der Waals surface area contributed by atoms with E-state index in [4.69, 9.17) is 9.15 Å². The Morgan fingerprint density at radius 3 is 2.59 bits per heavy atom. The number of thioether (sulfide) groups is 1. The Labute approximate surface area is 201 Å². The van der Waals surface area contributed by atoms with Gasteiger partial charge in [-0.05, 0) is 55.9 Å². The van der Waals surface area contributed by atoms with Crippen LogP contribution in [0.5, 0.6) is 5.75 Å². The number of carboxylic acids is 1. The normalized spacial score (nSPS) is 13.8. The zero-order chi connectivity index (χ0) is 24.1. The summed E-state index contributed by atoms with van der Waals surface area (Å²) in [6.07, 6.45) is 3.59. The monoisotopic (exact) mass is 480 g/mol. The molecule has 8 heteroatoms. The first-order chi connectivity index (χ1) is 16.4. The van der Waals surface area contributed by atoms with Gasteiger partial charge in [0, 0.05) is 28.0 Å². The molecule has 0 saturated carbocycles. The second-order valence-corrected chi connectivity index (χ2v) is 9.38. The third-order valence-corrected chi connectivity index (χ3v) is 7.07. The van der Waals surface area contributed by atoms with Crippen molar-refractivity contribution in [2.75, 3.05) is 12.4 Å². The van der Waals surface area contributed by atoms with Crippen molar-refractivity contribution in [3.05, 3.63) is 75.1 Å². The number of hydrogen-bond donors (Lipinski definition) is 1. The minimum absolute atomic E-state index is 0.175. The lowest BCUT2D eigenvalue weighted by atomic mass is 9.90. The van der Waals surface area contributed by atoms with E-state index in [9.17, 15) is 19.5 Å². The Kier molecular flexibility index (Phi) is 7.57. The summed E-state index contributed by atoms with van der Waals surface area (Å²) >= 11 is 1.40. The van der Waals surface area contributed by atoms with Crippen LogP contribution >= 0.6 is 11.8 Å². The molecule has 1 amide bonds. The number of nitrogens with one attached hydrogen (secondary N) is 1. The van der Waals surface area contributed by atoms with Crippen molar-refractivity contribution >= 4 is 34.6 Å². The van der Waals surface area contributed by atoms with Gasteiger partial charge in [-0.25, -0.2) is 4.79 Å². The number of carbonyl (C=O) groups is 2. The van der Waals surface area contributed by atoms with E-state index in [0.29, 0.717) is 22.6 Å². The van der Waals surface area contributed by atoms with Crippen LogP contribution in [0.1, 0.15) is 35.1 Å². The smallest absolute Gasteiger partial charge is 0.339 e. The number of carboxylic acid groups (broad SMARTS) is 1. The van der Waals surface area contributed by atoms with Gasteiger partial charge in [-0.1, -0.05) is 30.3 Å². The predicted molar refractivity (Wildman–Crippen MR) is 129 cm³/mol. The highest BCUT2D eigenvalue weighted by atomic mass is 32.2. The van der Waals surface area contributed by atoms with Crippen molar-refractivity contribution in [1.29, 1.82) is 0 Å². The van der Waals surface area contributed by atoms with E-state index in [1.807, 2.05) is 36.4 Å². The maximum absolute atomic E-state index is 12.4. The minimum atomic E-state index is -1.35. The van der Waals surface area contributed by atoms with Crippen LogP contribution < -0.4 is 20.8 Å². The summed E-state index contributed by atoms with van der Waals surface area (Å²) in [5.41, 5.74) is 3.64. The van der Waals surface area contributed by atoms with Gasteiger partial charge >= 0.3 is 5.63 Å². The zero-order valence-electron chi connectivity index (χ0n) is 18.9. The lowest BCUT2D eigenvalue weighted by Crippen LogP contribution is -2.50. The molecule has 1 atom stereocenters. The third-order valence-electron chi connectivity index (χ3n) is 5.96. The van der Waals surface area contributed by atoms with Crippen LogP contribution in [-0.4, -0.2) is 30.3 Å². The number of fused-ring (bicyclic) bond motifs is 3. The Balaban J connectivity index is 1.38. The molecule has 1 heterocycles. The van der Waals surface area contributed by atoms with Crippen LogP contribution in [0.25, 0.3) is 11.0 Å². The van der Waals surface area contributed by atoms with E-state index in [0.717, 1.165) is 47.8 Å². The Bertz CT molecular complexity index is 1250. The van der Waals surface area contributed by atoms with Crippen molar-refractivity contribution < 1.29 is 23.8 Å². The van der Waals surface area contributed by atoms with Gasteiger partial charge in [0.2, 0.25) is 0 Å². The lowest BCUT2D eigenvalue weighted by Gasteiger charge is -2.20. The number of aliphatic carboxylic acids is 1. The highest BCUT2D eigenvalue weighted by Gasteiger charge is 2.20. The molecule has 178 valence electrons. The van der Waals surface area contributed by atoms with Gasteiger partial charge in [0.1, 0.15) is 11.3 Å². The van der Waals surface area contributed by atoms with Crippen LogP contribution in [-0.2, 0) is 28.2 Å². The molecule has 0 saturated heterocycles. The van der Waals surface area contributed by atoms with Gasteiger partial charge in [-0.2, -0.15) is 11.8 Å². The van der Waals surface area contributed by atoms with E-state index in [1.165, 1.54) is 11.8 Å². The number of ether oxygens (including phenoxy) is 1. The highest BCUT2D eigenvalue weighted by Crippen LogP contribution is 2.32. The molecule has 0 fully saturated rings. The maximum atomic E-state index is 12.4. The lowest BCUT2D eigenvalue weighted by molar-refractivity contribution is -0.307. The van der Waals surface area contributed by atoms with Gasteiger partial charge in [0.25, 0.3) is 5.91 Å². The van der Waals surface area contributed by atoms with Crippen molar-refractivity contribution in [3.63, 3.8) is 0 Å². The van der Waals surface area contributed by atoms with E-state index in [2.05, 4.69) is 5.32 Å². The number of benzene rings is 2. The molecule has 0 spiro atoms. The molecule has 34 heavy (non-hydrogen) atoms. The Morgan fingerprint density at radius 1 is 1.12 bits per heavy atom. The van der Waals surface area contributed by atoms with Gasteiger partial charge in [0.15, 0.2) is 6.61 Å². The molecule has 3 aromatic rings. The summed E-state index contributed by atoms with van der Waals surface area (Å²) in [7, 11) is 0. The number of carbonyl (C=O) groups excluding carboxylic acids is 2. The van der Waals surface area contributed by atoms with Crippen LogP contribution in [0.3, 0.4) is 0 Å². The first-order valence-electron chi connectivity index (χ1n) is 11.3. The number of aryl methyl sites for hydroxylation is 2. The molecule has 1 aliphatic rings. The summed E-state index contributed by atoms with van der Waals surface area (Å²) < 4.78 is 11.2. The molecule has 0 bridgehead atoms. The number of amides is 1. The number of hydrogen-bond acceptors (Lipinski definition) is 7. The molecule has 0 unspecified atom stereocenters. The number of rotatable bonds is 9. The molecule has 1 aromatic heterocycles. The molecular formula is C26H26NO6S-. The second kappa shape index (κ2) is 10.8. The van der Waals surface area contributed by atoms with Gasteiger partial charge in [-0.3, -0.25) is 4.79 Å². The highest BCUT2D eigenvalue weighted by molar-refractivity contribution is 7.98. The van der Waals surface area contributed by atoms with Crippen molar-refractivity contribution in [3.8, 4) is 5.75 Å². The van der Waals surface area contributed by atoms with E-state index in [-0.39, 0.29) is 18.0 Å². The molecule has 7 nitrogen and oxygen atoms in total. The van der Waals surface area contributed by atoms with Gasteiger partial charge in [0.05, 0.1) is 12.0 Å². The summed E-state index contributed by atoms with van der Waals surface area (Å²) in [5.74, 6) is -0.704. The molecule has 1 N–H and O–H groups in total. The van der Waals surface area contributed by atoms with Crippen molar-refractivity contribution in [1.82, 2.24) is 5.32 Å². The van der Waals surface area contributed by atoms with E-state index >= 15 is 0 Å². The van der Waals surface area contributed by atoms with Crippen LogP contribution in [0.4, 0.5) is 0 Å². The molecule has 0 radical (unpaired) electrons. The quantitative estimate of drug-likeness (QED) is 0.469. The summed E-state index contributed by atoms with van der Waals surface area (Å²) in [5, 5.41) is 14.8. The zero-order valence-corrected chi connectivity index (χ0v) is 19.7. The second-order valence-electron chi connectivity index (χ2n) is 8.35. The maximum Gasteiger partial charge on any atom is 0.339 e. The molecule has 2 aromatic carbocycles. The average Bonchev–Trinajstić information content (AvgIpc) is 2.84. The molecule has 4 rings (SSSR count). The predicted octanol–water partition coefficient (Wildman–Crippen LogP) is 2.53. The topological polar surface area (TPSA) is 109 Å². The molecule has 1 aliphatic carbocycles. The first kappa shape index (κ1) is 23.9. The Morgan fingerprint density at radius 2 is 1.85 bits per heavy atom. The fourth-order valence-corrected chi connectivity index (χ4v) is 5.20. The minimum Gasteiger partial charge on any atom is -0.548 e. The van der Waals surface area contributed by atoms with Gasteiger partial charge < -0.3 is 24.4 Å². The van der Waals surface area contributed by atoms with Crippen molar-refractivity contribution in [2.45, 2.75) is 44.4 Å². The first-order valence-corrected chi connectivity index (χ1v) is 12.4. The molecular weight excluding hydrogens is 454 g/mol. The summed E-state index contributed by atoms with van der Waals surface area (Å²) in [6.45, 7) is 1.41. The summed E-state index contributed by atoms with van der Waals surface area (Å²) in [6, 6.07) is 12.1. The van der Waals surface area contributed by atoms with E-state index < -0.39 is 17.9 Å². The van der Waals surface area contributed by atoms with Crippen molar-refractivity contribution in [2.24, 2.45) is 0 Å². The van der Waals surface area contributed by atoms with Crippen LogP contribution in [0.2, 0.25) is 0 Å². The SMILES string of the molecule is Cc1c(OCC(=O)N[C@@H](CSCc2ccccc2)C(=O)[O-])ccc2c3c(c(=O)oc12)CCCC3. The van der Waals surface area contributed by atoms with Crippen LogP contribution in [0, 0.1) is 6.92 Å². The third kappa shape index (κ3) is 5.44. The fraction of sp³-hybridized carbons (Fsp3) is 0.346. The van der Waals surface area contributed by atoms with Crippen LogP contribution in [0.15, 0.2) is 51.7 Å². The molecule has 0 aliphatic heterocycles. The van der Waals surface area contributed by atoms with E-state index in [1.54, 1.807) is 13.0 Å². The average molecular weight is 481 g/mol. The van der Waals surface area contributed by atoms with Gasteiger partial charge in [-0.15, -0.1) is 0 Å². The fourth-order valence-electron chi connectivity index (χ4n) is 4.20. The summed E-state index contributed by atoms with van der Waals surface area (Å²) in [4.78, 5) is 36.3. The largest absolute Gasteiger partial charge is 0.548 e. The Hall–Kier alpha value is -3.26.